The zero-order valence-electron chi connectivity index (χ0n) is 11.4. The van der Waals surface area contributed by atoms with Crippen LogP contribution in [0.25, 0.3) is 0 Å². The molecule has 102 valence electrons. The summed E-state index contributed by atoms with van der Waals surface area (Å²) in [7, 11) is 3.89. The van der Waals surface area contributed by atoms with Crippen molar-refractivity contribution in [2.45, 2.75) is 19.9 Å². The first-order chi connectivity index (χ1) is 8.65. The highest BCUT2D eigenvalue weighted by Gasteiger charge is 2.10. The molecule has 0 aliphatic heterocycles. The Bertz CT molecular complexity index is 358. The number of rotatable bonds is 8. The molecular weight excluding hydrogens is 233 g/mol. The van der Waals surface area contributed by atoms with E-state index in [4.69, 9.17) is 4.74 Å². The summed E-state index contributed by atoms with van der Waals surface area (Å²) in [5, 5.41) is 3.16. The number of nitrogens with zero attached hydrogens (tertiary/aromatic N) is 2. The molecular formula is C13H22FN3O. The summed E-state index contributed by atoms with van der Waals surface area (Å²) >= 11 is 0. The third kappa shape index (κ3) is 4.98. The van der Waals surface area contributed by atoms with E-state index in [0.717, 1.165) is 19.5 Å². The molecule has 0 aromatic carbocycles. The molecule has 0 spiro atoms. The van der Waals surface area contributed by atoms with E-state index < -0.39 is 0 Å². The Morgan fingerprint density at radius 2 is 2.22 bits per heavy atom. The lowest BCUT2D eigenvalue weighted by Crippen LogP contribution is -2.20. The number of ether oxygens (including phenoxy) is 1. The lowest BCUT2D eigenvalue weighted by molar-refractivity contribution is 0.243. The molecule has 5 heteroatoms. The van der Waals surface area contributed by atoms with E-state index in [1.165, 1.54) is 0 Å². The molecule has 4 nitrogen and oxygen atoms in total. The van der Waals surface area contributed by atoms with Crippen LogP contribution in [0.15, 0.2) is 12.3 Å². The molecule has 0 saturated carbocycles. The van der Waals surface area contributed by atoms with Gasteiger partial charge in [0.15, 0.2) is 5.82 Å². The molecule has 0 aliphatic carbocycles. The lowest BCUT2D eigenvalue weighted by Gasteiger charge is -2.12. The molecule has 0 fully saturated rings. The van der Waals surface area contributed by atoms with E-state index in [-0.39, 0.29) is 11.7 Å². The van der Waals surface area contributed by atoms with Crippen LogP contribution in [0.1, 0.15) is 18.9 Å². The number of halogens is 1. The van der Waals surface area contributed by atoms with Crippen LogP contribution in [-0.4, -0.2) is 43.7 Å². The van der Waals surface area contributed by atoms with Crippen LogP contribution in [0, 0.1) is 5.82 Å². The summed E-state index contributed by atoms with van der Waals surface area (Å²) in [6.07, 6.45) is 2.61. The van der Waals surface area contributed by atoms with E-state index >= 15 is 0 Å². The van der Waals surface area contributed by atoms with Gasteiger partial charge in [-0.15, -0.1) is 0 Å². The van der Waals surface area contributed by atoms with Crippen molar-refractivity contribution < 1.29 is 9.13 Å². The van der Waals surface area contributed by atoms with Crippen molar-refractivity contribution in [3.63, 3.8) is 0 Å². The first-order valence-electron chi connectivity index (χ1n) is 6.26. The van der Waals surface area contributed by atoms with E-state index in [1.54, 1.807) is 12.3 Å². The summed E-state index contributed by atoms with van der Waals surface area (Å²) in [5.41, 5.74) is 0.596. The van der Waals surface area contributed by atoms with Gasteiger partial charge >= 0.3 is 0 Å². The molecule has 0 aliphatic rings. The fraction of sp³-hybridized carbons (Fsp3) is 0.615. The summed E-state index contributed by atoms with van der Waals surface area (Å²) in [6, 6.07) is 1.68. The lowest BCUT2D eigenvalue weighted by atomic mass is 10.2. The Balaban J connectivity index is 2.55. The topological polar surface area (TPSA) is 37.4 Å². The highest BCUT2D eigenvalue weighted by Crippen LogP contribution is 2.17. The van der Waals surface area contributed by atoms with Crippen molar-refractivity contribution >= 4 is 0 Å². The number of aromatic nitrogens is 1. The average Bonchev–Trinajstić information content (AvgIpc) is 2.33. The van der Waals surface area contributed by atoms with Gasteiger partial charge in [0.2, 0.25) is 0 Å². The Morgan fingerprint density at radius 3 is 2.89 bits per heavy atom. The van der Waals surface area contributed by atoms with Gasteiger partial charge in [0.1, 0.15) is 6.61 Å². The smallest absolute Gasteiger partial charge is 0.250 e. The van der Waals surface area contributed by atoms with Gasteiger partial charge in [0, 0.05) is 24.8 Å². The first kappa shape index (κ1) is 14.9. The maximum Gasteiger partial charge on any atom is 0.250 e. The normalized spacial score (nSPS) is 10.9. The van der Waals surface area contributed by atoms with Crippen LogP contribution in [0.2, 0.25) is 0 Å². The van der Waals surface area contributed by atoms with Crippen LogP contribution in [-0.2, 0) is 6.54 Å². The van der Waals surface area contributed by atoms with Gasteiger partial charge in [0.05, 0.1) is 0 Å². The number of nitrogens with one attached hydrogen (secondary N) is 1. The third-order valence-corrected chi connectivity index (χ3v) is 2.46. The van der Waals surface area contributed by atoms with Crippen LogP contribution >= 0.6 is 0 Å². The quantitative estimate of drug-likeness (QED) is 0.717. The van der Waals surface area contributed by atoms with Gasteiger partial charge in [-0.1, -0.05) is 6.92 Å². The second-order valence-electron chi connectivity index (χ2n) is 4.42. The number of hydrogen-bond donors (Lipinski definition) is 1. The summed E-state index contributed by atoms with van der Waals surface area (Å²) < 4.78 is 19.3. The van der Waals surface area contributed by atoms with Gasteiger partial charge in [-0.2, -0.15) is 0 Å². The fourth-order valence-corrected chi connectivity index (χ4v) is 1.42. The molecule has 0 unspecified atom stereocenters. The van der Waals surface area contributed by atoms with Gasteiger partial charge in [-0.25, -0.2) is 9.37 Å². The van der Waals surface area contributed by atoms with Gasteiger partial charge < -0.3 is 15.0 Å². The molecule has 1 aromatic heterocycles. The third-order valence-electron chi connectivity index (χ3n) is 2.46. The monoisotopic (exact) mass is 255 g/mol. The predicted octanol–water partition coefficient (Wildman–Crippen LogP) is 1.66. The molecule has 1 N–H and O–H groups in total. The largest absolute Gasteiger partial charge is 0.474 e. The fourth-order valence-electron chi connectivity index (χ4n) is 1.42. The van der Waals surface area contributed by atoms with Crippen molar-refractivity contribution in [2.75, 3.05) is 33.8 Å². The number of pyridine rings is 1. The van der Waals surface area contributed by atoms with E-state index in [2.05, 4.69) is 17.2 Å². The maximum atomic E-state index is 14.0. The zero-order chi connectivity index (χ0) is 13.4. The Kier molecular flexibility index (Phi) is 6.60. The Hall–Kier alpha value is -1.20. The summed E-state index contributed by atoms with van der Waals surface area (Å²) in [5.74, 6) is -0.271. The molecule has 1 aromatic rings. The van der Waals surface area contributed by atoms with Crippen LogP contribution < -0.4 is 10.1 Å². The SMILES string of the molecule is CCCNCc1ccnc(OCCN(C)C)c1F. The number of likely N-dealkylation sites (N-methyl/N-ethyl adjacent to an activating group) is 1. The van der Waals surface area contributed by atoms with Crippen molar-refractivity contribution in [1.82, 2.24) is 15.2 Å². The summed E-state index contributed by atoms with van der Waals surface area (Å²) in [6.45, 7) is 4.62. The van der Waals surface area contributed by atoms with Crippen molar-refractivity contribution in [3.05, 3.63) is 23.6 Å². The Labute approximate surface area is 108 Å². The molecule has 1 rings (SSSR count). The van der Waals surface area contributed by atoms with E-state index in [9.17, 15) is 4.39 Å². The minimum atomic E-state index is -0.361. The standard InChI is InChI=1S/C13H22FN3O/c1-4-6-15-10-11-5-7-16-13(12(11)14)18-9-8-17(2)3/h5,7,15H,4,6,8-10H2,1-3H3. The van der Waals surface area contributed by atoms with Crippen molar-refractivity contribution in [3.8, 4) is 5.88 Å². The highest BCUT2D eigenvalue weighted by molar-refractivity contribution is 5.23. The Morgan fingerprint density at radius 1 is 1.44 bits per heavy atom. The second-order valence-corrected chi connectivity index (χ2v) is 4.42. The minimum Gasteiger partial charge on any atom is -0.474 e. The molecule has 0 amide bonds. The molecule has 1 heterocycles. The first-order valence-corrected chi connectivity index (χ1v) is 6.26. The minimum absolute atomic E-state index is 0.0904. The average molecular weight is 255 g/mol. The van der Waals surface area contributed by atoms with Crippen LogP contribution in [0.5, 0.6) is 5.88 Å². The highest BCUT2D eigenvalue weighted by atomic mass is 19.1. The summed E-state index contributed by atoms with van der Waals surface area (Å²) in [4.78, 5) is 5.90. The molecule has 0 atom stereocenters. The van der Waals surface area contributed by atoms with Gasteiger partial charge in [-0.3, -0.25) is 0 Å². The molecule has 18 heavy (non-hydrogen) atoms. The van der Waals surface area contributed by atoms with E-state index in [0.29, 0.717) is 18.7 Å². The molecule has 0 bridgehead atoms. The maximum absolute atomic E-state index is 14.0. The van der Waals surface area contributed by atoms with Crippen molar-refractivity contribution in [1.29, 1.82) is 0 Å². The van der Waals surface area contributed by atoms with Gasteiger partial charge in [0.25, 0.3) is 5.88 Å². The van der Waals surface area contributed by atoms with E-state index in [1.807, 2.05) is 19.0 Å². The van der Waals surface area contributed by atoms with Gasteiger partial charge in [-0.05, 0) is 33.1 Å². The van der Waals surface area contributed by atoms with Crippen LogP contribution in [0.4, 0.5) is 4.39 Å². The molecule has 0 radical (unpaired) electrons. The zero-order valence-corrected chi connectivity index (χ0v) is 11.4. The predicted molar refractivity (Wildman–Crippen MR) is 70.2 cm³/mol. The van der Waals surface area contributed by atoms with Crippen molar-refractivity contribution in [2.24, 2.45) is 0 Å². The van der Waals surface area contributed by atoms with Crippen LogP contribution in [0.3, 0.4) is 0 Å². The second kappa shape index (κ2) is 8.00. The number of hydrogen-bond acceptors (Lipinski definition) is 4. The molecule has 0 saturated heterocycles.